The van der Waals surface area contributed by atoms with E-state index < -0.39 is 11.7 Å². The number of Topliss-reactive ketones (excluding diaryl/α,β-unsaturated/α-hetero) is 1. The fourth-order valence-corrected chi connectivity index (χ4v) is 1.88. The third-order valence-electron chi connectivity index (χ3n) is 2.38. The quantitative estimate of drug-likeness (QED) is 0.722. The van der Waals surface area contributed by atoms with Gasteiger partial charge >= 0.3 is 0 Å². The van der Waals surface area contributed by atoms with Crippen molar-refractivity contribution < 1.29 is 9.59 Å². The van der Waals surface area contributed by atoms with Gasteiger partial charge in [0.1, 0.15) is 0 Å². The van der Waals surface area contributed by atoms with E-state index in [1.165, 1.54) is 4.90 Å². The first-order valence-electron chi connectivity index (χ1n) is 4.81. The minimum Gasteiger partial charge on any atom is -0.305 e. The Kier molecular flexibility index (Phi) is 2.49. The molecule has 1 heterocycles. The van der Waals surface area contributed by atoms with Crippen molar-refractivity contribution in [2.45, 2.75) is 13.3 Å². The van der Waals surface area contributed by atoms with Crippen molar-refractivity contribution in [1.29, 1.82) is 0 Å². The number of fused-ring (bicyclic) bond motifs is 1. The summed E-state index contributed by atoms with van der Waals surface area (Å²) in [5.74, 6) is -0.885. The molecule has 1 aromatic carbocycles. The SMILES string of the molecule is CCCN1C(=O)C(=O)c2ccc(Cl)cc21. The lowest BCUT2D eigenvalue weighted by Gasteiger charge is -2.14. The number of anilines is 1. The maximum Gasteiger partial charge on any atom is 0.299 e. The number of hydrogen-bond donors (Lipinski definition) is 0. The molecule has 4 heteroatoms. The van der Waals surface area contributed by atoms with Crippen molar-refractivity contribution in [1.82, 2.24) is 0 Å². The summed E-state index contributed by atoms with van der Waals surface area (Å²) >= 11 is 5.83. The van der Waals surface area contributed by atoms with Crippen molar-refractivity contribution in [3.05, 3.63) is 28.8 Å². The minimum atomic E-state index is -0.450. The maximum absolute atomic E-state index is 11.6. The molecule has 1 amide bonds. The van der Waals surface area contributed by atoms with Gasteiger partial charge in [0.2, 0.25) is 0 Å². The highest BCUT2D eigenvalue weighted by Crippen LogP contribution is 2.31. The molecule has 2 rings (SSSR count). The summed E-state index contributed by atoms with van der Waals surface area (Å²) in [7, 11) is 0. The van der Waals surface area contributed by atoms with Crippen LogP contribution in [-0.2, 0) is 4.79 Å². The first-order chi connectivity index (χ1) is 7.15. The summed E-state index contributed by atoms with van der Waals surface area (Å²) in [5.41, 5.74) is 1.09. The van der Waals surface area contributed by atoms with Gasteiger partial charge in [-0.1, -0.05) is 18.5 Å². The summed E-state index contributed by atoms with van der Waals surface area (Å²) in [6, 6.07) is 4.89. The van der Waals surface area contributed by atoms with Gasteiger partial charge in [-0.15, -0.1) is 0 Å². The zero-order chi connectivity index (χ0) is 11.0. The fourth-order valence-electron chi connectivity index (χ4n) is 1.71. The topological polar surface area (TPSA) is 37.4 Å². The third-order valence-corrected chi connectivity index (χ3v) is 2.62. The largest absolute Gasteiger partial charge is 0.305 e. The van der Waals surface area contributed by atoms with Crippen molar-refractivity contribution in [2.75, 3.05) is 11.4 Å². The Morgan fingerprint density at radius 3 is 2.73 bits per heavy atom. The first kappa shape index (κ1) is 10.2. The highest BCUT2D eigenvalue weighted by molar-refractivity contribution is 6.52. The smallest absolute Gasteiger partial charge is 0.299 e. The van der Waals surface area contributed by atoms with Crippen LogP contribution < -0.4 is 4.90 Å². The Hall–Kier alpha value is -1.35. The molecule has 3 nitrogen and oxygen atoms in total. The second-order valence-corrected chi connectivity index (χ2v) is 3.88. The van der Waals surface area contributed by atoms with Gasteiger partial charge < -0.3 is 4.90 Å². The van der Waals surface area contributed by atoms with Gasteiger partial charge in [-0.25, -0.2) is 0 Å². The summed E-state index contributed by atoms with van der Waals surface area (Å²) in [4.78, 5) is 24.6. The molecule has 1 aromatic rings. The van der Waals surface area contributed by atoms with Crippen molar-refractivity contribution in [3.8, 4) is 0 Å². The Bertz CT molecular complexity index is 442. The van der Waals surface area contributed by atoms with E-state index >= 15 is 0 Å². The molecule has 0 spiro atoms. The van der Waals surface area contributed by atoms with E-state index in [0.717, 1.165) is 6.42 Å². The minimum absolute atomic E-state index is 0.435. The normalized spacial score (nSPS) is 14.7. The molecule has 1 aliphatic rings. The summed E-state index contributed by atoms with van der Waals surface area (Å²) in [6.07, 6.45) is 0.810. The van der Waals surface area contributed by atoms with Crippen LogP contribution in [0.15, 0.2) is 18.2 Å². The number of benzene rings is 1. The van der Waals surface area contributed by atoms with Crippen LogP contribution in [0.4, 0.5) is 5.69 Å². The molecular weight excluding hydrogens is 214 g/mol. The van der Waals surface area contributed by atoms with Crippen LogP contribution in [0.2, 0.25) is 5.02 Å². The standard InChI is InChI=1S/C11H10ClNO2/c1-2-5-13-9-6-7(12)3-4-8(9)10(14)11(13)15/h3-4,6H,2,5H2,1H3. The molecule has 78 valence electrons. The van der Waals surface area contributed by atoms with Gasteiger partial charge in [-0.05, 0) is 24.6 Å². The lowest BCUT2D eigenvalue weighted by Crippen LogP contribution is -2.30. The molecule has 0 unspecified atom stereocenters. The van der Waals surface area contributed by atoms with Gasteiger partial charge in [-0.2, -0.15) is 0 Å². The summed E-state index contributed by atoms with van der Waals surface area (Å²) in [6.45, 7) is 2.51. The number of nitrogens with zero attached hydrogens (tertiary/aromatic N) is 1. The number of ketones is 1. The van der Waals surface area contributed by atoms with E-state index in [4.69, 9.17) is 11.6 Å². The van der Waals surface area contributed by atoms with E-state index in [2.05, 4.69) is 0 Å². The van der Waals surface area contributed by atoms with Gasteiger partial charge in [0.15, 0.2) is 0 Å². The van der Waals surface area contributed by atoms with Crippen LogP contribution >= 0.6 is 11.6 Å². The number of hydrogen-bond acceptors (Lipinski definition) is 2. The second-order valence-electron chi connectivity index (χ2n) is 3.45. The number of halogens is 1. The molecular formula is C11H10ClNO2. The maximum atomic E-state index is 11.6. The van der Waals surface area contributed by atoms with Crippen molar-refractivity contribution in [2.24, 2.45) is 0 Å². The van der Waals surface area contributed by atoms with Crippen LogP contribution in [0.5, 0.6) is 0 Å². The van der Waals surface area contributed by atoms with Gasteiger partial charge in [0.25, 0.3) is 11.7 Å². The van der Waals surface area contributed by atoms with E-state index in [-0.39, 0.29) is 0 Å². The molecule has 0 atom stereocenters. The molecule has 0 fully saturated rings. The number of rotatable bonds is 2. The molecule has 0 radical (unpaired) electrons. The third kappa shape index (κ3) is 1.53. The highest BCUT2D eigenvalue weighted by atomic mass is 35.5. The average molecular weight is 224 g/mol. The predicted octanol–water partition coefficient (Wildman–Crippen LogP) is 2.28. The molecule has 0 aliphatic carbocycles. The van der Waals surface area contributed by atoms with Gasteiger partial charge in [0.05, 0.1) is 11.3 Å². The monoisotopic (exact) mass is 223 g/mol. The second kappa shape index (κ2) is 3.66. The lowest BCUT2D eigenvalue weighted by atomic mass is 10.1. The molecule has 0 saturated heterocycles. The molecule has 15 heavy (non-hydrogen) atoms. The zero-order valence-electron chi connectivity index (χ0n) is 8.29. The predicted molar refractivity (Wildman–Crippen MR) is 58.4 cm³/mol. The van der Waals surface area contributed by atoms with E-state index in [0.29, 0.717) is 22.8 Å². The Morgan fingerprint density at radius 2 is 2.07 bits per heavy atom. The van der Waals surface area contributed by atoms with Crippen LogP contribution in [0.1, 0.15) is 23.7 Å². The van der Waals surface area contributed by atoms with Crippen LogP contribution in [0, 0.1) is 0 Å². The van der Waals surface area contributed by atoms with Crippen LogP contribution in [-0.4, -0.2) is 18.2 Å². The molecule has 0 bridgehead atoms. The van der Waals surface area contributed by atoms with Crippen molar-refractivity contribution in [3.63, 3.8) is 0 Å². The number of carbonyl (C=O) groups is 2. The van der Waals surface area contributed by atoms with Crippen LogP contribution in [0.3, 0.4) is 0 Å². The van der Waals surface area contributed by atoms with E-state index in [1.807, 2.05) is 6.92 Å². The average Bonchev–Trinajstić information content (AvgIpc) is 2.44. The molecule has 0 saturated carbocycles. The molecule has 0 aromatic heterocycles. The molecule has 1 aliphatic heterocycles. The van der Waals surface area contributed by atoms with E-state index in [1.54, 1.807) is 18.2 Å². The Morgan fingerprint density at radius 1 is 1.33 bits per heavy atom. The fraction of sp³-hybridized carbons (Fsp3) is 0.273. The lowest BCUT2D eigenvalue weighted by molar-refractivity contribution is -0.114. The Balaban J connectivity index is 2.51. The Labute approximate surface area is 92.6 Å². The van der Waals surface area contributed by atoms with Gasteiger partial charge in [0, 0.05) is 11.6 Å². The molecule has 0 N–H and O–H groups in total. The first-order valence-corrected chi connectivity index (χ1v) is 5.18. The zero-order valence-corrected chi connectivity index (χ0v) is 9.04. The van der Waals surface area contributed by atoms with Crippen molar-refractivity contribution >= 4 is 29.0 Å². The summed E-state index contributed by atoms with van der Waals surface area (Å²) in [5, 5.41) is 0.539. The number of carbonyl (C=O) groups excluding carboxylic acids is 2. The van der Waals surface area contributed by atoms with Gasteiger partial charge in [-0.3, -0.25) is 9.59 Å². The van der Waals surface area contributed by atoms with Crippen LogP contribution in [0.25, 0.3) is 0 Å². The highest BCUT2D eigenvalue weighted by Gasteiger charge is 2.34. The summed E-state index contributed by atoms with van der Waals surface area (Å²) < 4.78 is 0. The van der Waals surface area contributed by atoms with E-state index in [9.17, 15) is 9.59 Å². The number of amides is 1.